The molecule has 0 aliphatic carbocycles. The third kappa shape index (κ3) is 0.905. The standard InChI is InChI=1S/C9H8FNO/c10-7-2-1-3-8-9(7)6(5-12)4-11-8/h1-4,11-12H,5H2. The average Bonchev–Trinajstić information content (AvgIpc) is 2.49. The number of H-pyrrole nitrogens is 1. The molecule has 0 aliphatic rings. The third-order valence-electron chi connectivity index (χ3n) is 1.91. The van der Waals surface area contributed by atoms with E-state index < -0.39 is 0 Å². The highest BCUT2D eigenvalue weighted by atomic mass is 19.1. The molecule has 1 aromatic heterocycles. The van der Waals surface area contributed by atoms with Gasteiger partial charge in [-0.05, 0) is 12.1 Å². The van der Waals surface area contributed by atoms with Crippen molar-refractivity contribution in [3.8, 4) is 0 Å². The molecule has 1 aromatic carbocycles. The molecular weight excluding hydrogens is 157 g/mol. The number of aliphatic hydroxyl groups excluding tert-OH is 1. The molecule has 2 aromatic rings. The number of rotatable bonds is 1. The van der Waals surface area contributed by atoms with E-state index in [-0.39, 0.29) is 12.4 Å². The predicted octanol–water partition coefficient (Wildman–Crippen LogP) is 1.80. The Balaban J connectivity index is 2.83. The Kier molecular flexibility index (Phi) is 1.59. The Morgan fingerprint density at radius 3 is 3.00 bits per heavy atom. The second-order valence-electron chi connectivity index (χ2n) is 2.63. The van der Waals surface area contributed by atoms with Gasteiger partial charge in [-0.3, -0.25) is 0 Å². The van der Waals surface area contributed by atoms with E-state index in [1.165, 1.54) is 6.07 Å². The minimum atomic E-state index is -0.294. The Morgan fingerprint density at radius 2 is 2.25 bits per heavy atom. The number of aromatic amines is 1. The summed E-state index contributed by atoms with van der Waals surface area (Å²) in [6.07, 6.45) is 1.62. The maximum atomic E-state index is 13.1. The summed E-state index contributed by atoms with van der Waals surface area (Å²) in [6.45, 7) is -0.138. The Morgan fingerprint density at radius 1 is 1.42 bits per heavy atom. The molecule has 62 valence electrons. The molecule has 12 heavy (non-hydrogen) atoms. The second-order valence-corrected chi connectivity index (χ2v) is 2.63. The molecule has 0 bridgehead atoms. The van der Waals surface area contributed by atoms with E-state index in [4.69, 9.17) is 5.11 Å². The lowest BCUT2D eigenvalue weighted by Crippen LogP contribution is -1.82. The summed E-state index contributed by atoms with van der Waals surface area (Å²) in [5.74, 6) is -0.294. The third-order valence-corrected chi connectivity index (χ3v) is 1.91. The van der Waals surface area contributed by atoms with Crippen molar-refractivity contribution in [3.05, 3.63) is 35.8 Å². The van der Waals surface area contributed by atoms with E-state index in [0.29, 0.717) is 10.9 Å². The van der Waals surface area contributed by atoms with E-state index in [1.807, 2.05) is 0 Å². The summed E-state index contributed by atoms with van der Waals surface area (Å²) in [6, 6.07) is 4.79. The van der Waals surface area contributed by atoms with Crippen LogP contribution >= 0.6 is 0 Å². The number of halogens is 1. The number of aromatic nitrogens is 1. The van der Waals surface area contributed by atoms with Crippen LogP contribution in [0.5, 0.6) is 0 Å². The SMILES string of the molecule is OCc1c[nH]c2cccc(F)c12. The van der Waals surface area contributed by atoms with Crippen molar-refractivity contribution in [2.75, 3.05) is 0 Å². The zero-order valence-electron chi connectivity index (χ0n) is 6.34. The fraction of sp³-hybridized carbons (Fsp3) is 0.111. The van der Waals surface area contributed by atoms with Crippen LogP contribution in [0, 0.1) is 5.82 Å². The Bertz CT molecular complexity index is 408. The van der Waals surface area contributed by atoms with Gasteiger partial charge in [-0.2, -0.15) is 0 Å². The summed E-state index contributed by atoms with van der Waals surface area (Å²) in [5, 5.41) is 9.35. The molecule has 0 unspecified atom stereocenters. The van der Waals surface area contributed by atoms with Crippen LogP contribution in [0.15, 0.2) is 24.4 Å². The monoisotopic (exact) mass is 165 g/mol. The molecule has 3 heteroatoms. The molecular formula is C9H8FNO. The van der Waals surface area contributed by atoms with Crippen LogP contribution in [0.4, 0.5) is 4.39 Å². The van der Waals surface area contributed by atoms with Gasteiger partial charge in [0.25, 0.3) is 0 Å². The highest BCUT2D eigenvalue weighted by Gasteiger charge is 2.06. The summed E-state index contributed by atoms with van der Waals surface area (Å²) < 4.78 is 13.1. The average molecular weight is 165 g/mol. The number of aliphatic hydroxyl groups is 1. The lowest BCUT2D eigenvalue weighted by molar-refractivity contribution is 0.283. The van der Waals surface area contributed by atoms with Gasteiger partial charge in [0.1, 0.15) is 5.82 Å². The van der Waals surface area contributed by atoms with Gasteiger partial charge in [0.05, 0.1) is 6.61 Å². The van der Waals surface area contributed by atoms with Crippen molar-refractivity contribution in [2.45, 2.75) is 6.61 Å². The van der Waals surface area contributed by atoms with Crippen LogP contribution < -0.4 is 0 Å². The molecule has 0 radical (unpaired) electrons. The molecule has 0 aliphatic heterocycles. The predicted molar refractivity (Wildman–Crippen MR) is 44.2 cm³/mol. The number of hydrogen-bond donors (Lipinski definition) is 2. The second kappa shape index (κ2) is 2.60. The maximum Gasteiger partial charge on any atom is 0.132 e. The highest BCUT2D eigenvalue weighted by Crippen LogP contribution is 2.20. The van der Waals surface area contributed by atoms with Gasteiger partial charge in [-0.25, -0.2) is 4.39 Å². The number of benzene rings is 1. The maximum absolute atomic E-state index is 13.1. The molecule has 0 saturated carbocycles. The molecule has 0 atom stereocenters. The van der Waals surface area contributed by atoms with Gasteiger partial charge >= 0.3 is 0 Å². The fourth-order valence-electron chi connectivity index (χ4n) is 1.33. The Hall–Kier alpha value is -1.35. The van der Waals surface area contributed by atoms with Crippen LogP contribution in [0.1, 0.15) is 5.56 Å². The topological polar surface area (TPSA) is 36.0 Å². The molecule has 1 heterocycles. The fourth-order valence-corrected chi connectivity index (χ4v) is 1.33. The minimum absolute atomic E-state index is 0.138. The van der Waals surface area contributed by atoms with Gasteiger partial charge in [0.15, 0.2) is 0 Å². The van der Waals surface area contributed by atoms with E-state index in [9.17, 15) is 4.39 Å². The van der Waals surface area contributed by atoms with Crippen LogP contribution in [0.3, 0.4) is 0 Å². The molecule has 0 amide bonds. The van der Waals surface area contributed by atoms with Gasteiger partial charge in [-0.15, -0.1) is 0 Å². The van der Waals surface area contributed by atoms with Crippen molar-refractivity contribution in [1.29, 1.82) is 0 Å². The number of nitrogens with one attached hydrogen (secondary N) is 1. The first-order chi connectivity index (χ1) is 5.83. The first-order valence-corrected chi connectivity index (χ1v) is 3.68. The Labute approximate surface area is 68.6 Å². The molecule has 2 nitrogen and oxygen atoms in total. The van der Waals surface area contributed by atoms with Crippen LogP contribution in [0.25, 0.3) is 10.9 Å². The quantitative estimate of drug-likeness (QED) is 0.664. The van der Waals surface area contributed by atoms with Gasteiger partial charge in [-0.1, -0.05) is 6.07 Å². The lowest BCUT2D eigenvalue weighted by Gasteiger charge is -1.94. The van der Waals surface area contributed by atoms with Crippen molar-refractivity contribution < 1.29 is 9.50 Å². The van der Waals surface area contributed by atoms with Crippen molar-refractivity contribution in [1.82, 2.24) is 4.98 Å². The zero-order chi connectivity index (χ0) is 8.55. The van der Waals surface area contributed by atoms with Crippen molar-refractivity contribution in [3.63, 3.8) is 0 Å². The normalized spacial score (nSPS) is 10.8. The smallest absolute Gasteiger partial charge is 0.132 e. The lowest BCUT2D eigenvalue weighted by atomic mass is 10.2. The largest absolute Gasteiger partial charge is 0.392 e. The summed E-state index contributed by atoms with van der Waals surface area (Å²) in [4.78, 5) is 2.88. The van der Waals surface area contributed by atoms with Crippen molar-refractivity contribution in [2.24, 2.45) is 0 Å². The molecule has 0 saturated heterocycles. The van der Waals surface area contributed by atoms with Gasteiger partial charge < -0.3 is 10.1 Å². The summed E-state index contributed by atoms with van der Waals surface area (Å²) in [5.41, 5.74) is 1.32. The zero-order valence-corrected chi connectivity index (χ0v) is 6.34. The van der Waals surface area contributed by atoms with Gasteiger partial charge in [0.2, 0.25) is 0 Å². The molecule has 0 fully saturated rings. The van der Waals surface area contributed by atoms with Crippen LogP contribution in [0.2, 0.25) is 0 Å². The summed E-state index contributed by atoms with van der Waals surface area (Å²) >= 11 is 0. The minimum Gasteiger partial charge on any atom is -0.392 e. The molecule has 2 N–H and O–H groups in total. The highest BCUT2D eigenvalue weighted by molar-refractivity contribution is 5.83. The number of hydrogen-bond acceptors (Lipinski definition) is 1. The molecule has 0 spiro atoms. The van der Waals surface area contributed by atoms with Gasteiger partial charge in [0, 0.05) is 22.7 Å². The van der Waals surface area contributed by atoms with Crippen molar-refractivity contribution >= 4 is 10.9 Å². The van der Waals surface area contributed by atoms with Crippen LogP contribution in [-0.2, 0) is 6.61 Å². The van der Waals surface area contributed by atoms with E-state index >= 15 is 0 Å². The van der Waals surface area contributed by atoms with Crippen LogP contribution in [-0.4, -0.2) is 10.1 Å². The van der Waals surface area contributed by atoms with E-state index in [1.54, 1.807) is 18.3 Å². The number of fused-ring (bicyclic) bond motifs is 1. The van der Waals surface area contributed by atoms with E-state index in [2.05, 4.69) is 4.98 Å². The first kappa shape index (κ1) is 7.31. The molecule has 2 rings (SSSR count). The summed E-state index contributed by atoms with van der Waals surface area (Å²) in [7, 11) is 0. The first-order valence-electron chi connectivity index (χ1n) is 3.68. The van der Waals surface area contributed by atoms with E-state index in [0.717, 1.165) is 5.52 Å².